The highest BCUT2D eigenvalue weighted by atomic mass is 32.2. The van der Waals surface area contributed by atoms with E-state index in [1.807, 2.05) is 0 Å². The van der Waals surface area contributed by atoms with Crippen LogP contribution in [0.3, 0.4) is 0 Å². The minimum absolute atomic E-state index is 0.120. The molecule has 1 heterocycles. The number of aliphatic hydroxyl groups is 1. The monoisotopic (exact) mass is 277 g/mol. The first kappa shape index (κ1) is 14.7. The molecule has 1 aromatic heterocycles. The molecular weight excluding hydrogens is 262 g/mol. The molecule has 0 spiro atoms. The number of aromatic carboxylic acids is 1. The van der Waals surface area contributed by atoms with E-state index in [0.717, 1.165) is 16.4 Å². The molecule has 1 aromatic rings. The Bertz CT molecular complexity index is 506. The van der Waals surface area contributed by atoms with Gasteiger partial charge >= 0.3 is 5.97 Å². The molecule has 0 amide bonds. The second kappa shape index (κ2) is 5.98. The summed E-state index contributed by atoms with van der Waals surface area (Å²) in [6.45, 7) is 1.89. The van der Waals surface area contributed by atoms with Crippen LogP contribution in [-0.4, -0.2) is 48.6 Å². The first-order valence-electron chi connectivity index (χ1n) is 5.37. The Kier molecular flexibility index (Phi) is 4.88. The Morgan fingerprint density at radius 1 is 1.44 bits per heavy atom. The van der Waals surface area contributed by atoms with Crippen molar-refractivity contribution >= 4 is 16.0 Å². The van der Waals surface area contributed by atoms with Gasteiger partial charge in [-0.05, 0) is 18.6 Å². The summed E-state index contributed by atoms with van der Waals surface area (Å²) in [6, 6.07) is 2.20. The van der Waals surface area contributed by atoms with E-state index in [1.165, 1.54) is 0 Å². The Morgan fingerprint density at radius 2 is 2.11 bits per heavy atom. The molecule has 0 aromatic carbocycles. The van der Waals surface area contributed by atoms with Gasteiger partial charge in [0.2, 0.25) is 10.9 Å². The number of carboxylic acid groups (broad SMARTS) is 1. The lowest BCUT2D eigenvalue weighted by atomic mass is 10.4. The Morgan fingerprint density at radius 3 is 2.56 bits per heavy atom. The summed E-state index contributed by atoms with van der Waals surface area (Å²) in [5, 5.41) is 17.0. The number of nitrogens with zero attached hydrogens (tertiary/aromatic N) is 1. The second-order valence-electron chi connectivity index (χ2n) is 3.50. The van der Waals surface area contributed by atoms with E-state index < -0.39 is 26.8 Å². The van der Waals surface area contributed by atoms with E-state index in [9.17, 15) is 13.2 Å². The Labute approximate surface area is 105 Å². The van der Waals surface area contributed by atoms with Crippen LogP contribution >= 0.6 is 0 Å². The molecule has 0 atom stereocenters. The molecule has 2 N–H and O–H groups in total. The van der Waals surface area contributed by atoms with E-state index >= 15 is 0 Å². The third kappa shape index (κ3) is 3.09. The lowest BCUT2D eigenvalue weighted by molar-refractivity contribution is 0.0656. The van der Waals surface area contributed by atoms with E-state index in [4.69, 9.17) is 14.6 Å². The normalized spacial score (nSPS) is 11.9. The average molecular weight is 277 g/mol. The van der Waals surface area contributed by atoms with Gasteiger partial charge in [-0.25, -0.2) is 13.2 Å². The zero-order valence-electron chi connectivity index (χ0n) is 9.87. The Hall–Kier alpha value is -1.38. The molecule has 0 bridgehead atoms. The standard InChI is InChI=1S/C10H15NO6S/c1-2-11(6-3-7-12)18(15,16)9-5-4-8(17-9)10(13)14/h4-5,12H,2-3,6-7H2,1H3,(H,13,14). The summed E-state index contributed by atoms with van der Waals surface area (Å²) in [6.07, 6.45) is 0.305. The fourth-order valence-electron chi connectivity index (χ4n) is 1.40. The second-order valence-corrected chi connectivity index (χ2v) is 5.37. The molecule has 0 unspecified atom stereocenters. The summed E-state index contributed by atoms with van der Waals surface area (Å²) in [4.78, 5) is 10.6. The first-order chi connectivity index (χ1) is 8.43. The van der Waals surface area contributed by atoms with Gasteiger partial charge in [0, 0.05) is 19.7 Å². The number of aliphatic hydroxyl groups excluding tert-OH is 1. The zero-order chi connectivity index (χ0) is 13.8. The highest BCUT2D eigenvalue weighted by Gasteiger charge is 2.27. The van der Waals surface area contributed by atoms with Crippen molar-refractivity contribution < 1.29 is 27.8 Å². The lowest BCUT2D eigenvalue weighted by Crippen LogP contribution is -2.32. The maximum atomic E-state index is 12.1. The molecule has 0 saturated heterocycles. The lowest BCUT2D eigenvalue weighted by Gasteiger charge is -2.18. The van der Waals surface area contributed by atoms with Crippen LogP contribution in [0.15, 0.2) is 21.6 Å². The van der Waals surface area contributed by atoms with Crippen molar-refractivity contribution in [1.29, 1.82) is 0 Å². The molecule has 0 aliphatic rings. The SMILES string of the molecule is CCN(CCCO)S(=O)(=O)c1ccc(C(=O)O)o1. The molecule has 0 radical (unpaired) electrons. The highest BCUT2D eigenvalue weighted by molar-refractivity contribution is 7.89. The van der Waals surface area contributed by atoms with Crippen LogP contribution in [0.1, 0.15) is 23.9 Å². The number of furan rings is 1. The number of hydrogen-bond donors (Lipinski definition) is 2. The van der Waals surface area contributed by atoms with Crippen molar-refractivity contribution in [2.75, 3.05) is 19.7 Å². The zero-order valence-corrected chi connectivity index (χ0v) is 10.7. The van der Waals surface area contributed by atoms with Gasteiger partial charge in [-0.3, -0.25) is 0 Å². The number of carboxylic acids is 1. The number of hydrogen-bond acceptors (Lipinski definition) is 5. The predicted octanol–water partition coefficient (Wildman–Crippen LogP) is 0.371. The van der Waals surface area contributed by atoms with Crippen LogP contribution in [0.2, 0.25) is 0 Å². The molecule has 7 nitrogen and oxygen atoms in total. The van der Waals surface area contributed by atoms with Crippen LogP contribution < -0.4 is 0 Å². The summed E-state index contributed by atoms with van der Waals surface area (Å²) in [7, 11) is -3.84. The van der Waals surface area contributed by atoms with Gasteiger partial charge in [-0.2, -0.15) is 4.31 Å². The number of sulfonamides is 1. The topological polar surface area (TPSA) is 108 Å². The quantitative estimate of drug-likeness (QED) is 0.745. The molecule has 0 saturated carbocycles. The predicted molar refractivity (Wildman–Crippen MR) is 61.8 cm³/mol. The van der Waals surface area contributed by atoms with Crippen molar-refractivity contribution in [3.05, 3.63) is 17.9 Å². The molecule has 0 aliphatic carbocycles. The van der Waals surface area contributed by atoms with Crippen LogP contribution in [0.25, 0.3) is 0 Å². The van der Waals surface area contributed by atoms with Crippen molar-refractivity contribution in [3.8, 4) is 0 Å². The van der Waals surface area contributed by atoms with Gasteiger partial charge in [0.1, 0.15) is 0 Å². The highest BCUT2D eigenvalue weighted by Crippen LogP contribution is 2.18. The van der Waals surface area contributed by atoms with Crippen molar-refractivity contribution in [1.82, 2.24) is 4.31 Å². The molecular formula is C10H15NO6S. The van der Waals surface area contributed by atoms with Gasteiger partial charge in [-0.1, -0.05) is 6.92 Å². The smallest absolute Gasteiger partial charge is 0.371 e. The van der Waals surface area contributed by atoms with Crippen LogP contribution in [0.4, 0.5) is 0 Å². The largest absolute Gasteiger partial charge is 0.475 e. The van der Waals surface area contributed by atoms with Crippen LogP contribution in [-0.2, 0) is 10.0 Å². The Balaban J connectivity index is 2.99. The van der Waals surface area contributed by atoms with Crippen LogP contribution in [0.5, 0.6) is 0 Å². The molecule has 0 fully saturated rings. The maximum absolute atomic E-state index is 12.1. The van der Waals surface area contributed by atoms with Gasteiger partial charge in [0.15, 0.2) is 0 Å². The summed E-state index contributed by atoms with van der Waals surface area (Å²) >= 11 is 0. The molecule has 0 aliphatic heterocycles. The van der Waals surface area contributed by atoms with Gasteiger partial charge in [0.25, 0.3) is 10.0 Å². The fourth-order valence-corrected chi connectivity index (χ4v) is 2.80. The third-order valence-electron chi connectivity index (χ3n) is 2.30. The number of carbonyl (C=O) groups is 1. The minimum atomic E-state index is -3.84. The van der Waals surface area contributed by atoms with E-state index in [0.29, 0.717) is 6.42 Å². The first-order valence-corrected chi connectivity index (χ1v) is 6.81. The van der Waals surface area contributed by atoms with E-state index in [-0.39, 0.29) is 19.7 Å². The third-order valence-corrected chi connectivity index (χ3v) is 4.15. The maximum Gasteiger partial charge on any atom is 0.371 e. The molecule has 18 heavy (non-hydrogen) atoms. The van der Waals surface area contributed by atoms with E-state index in [1.54, 1.807) is 6.92 Å². The van der Waals surface area contributed by atoms with E-state index in [2.05, 4.69) is 0 Å². The molecule has 8 heteroatoms. The summed E-state index contributed by atoms with van der Waals surface area (Å²) in [5.74, 6) is -1.75. The fraction of sp³-hybridized carbons (Fsp3) is 0.500. The van der Waals surface area contributed by atoms with Crippen molar-refractivity contribution in [3.63, 3.8) is 0 Å². The minimum Gasteiger partial charge on any atom is -0.475 e. The molecule has 1 rings (SSSR count). The average Bonchev–Trinajstić information content (AvgIpc) is 2.79. The van der Waals surface area contributed by atoms with Gasteiger partial charge in [0.05, 0.1) is 0 Å². The van der Waals surface area contributed by atoms with Gasteiger partial charge in [-0.15, -0.1) is 0 Å². The molecule has 102 valence electrons. The van der Waals surface area contributed by atoms with Crippen molar-refractivity contribution in [2.45, 2.75) is 18.4 Å². The van der Waals surface area contributed by atoms with Crippen molar-refractivity contribution in [2.24, 2.45) is 0 Å². The van der Waals surface area contributed by atoms with Gasteiger partial charge < -0.3 is 14.6 Å². The van der Waals surface area contributed by atoms with Crippen LogP contribution in [0, 0.1) is 0 Å². The summed E-state index contributed by atoms with van der Waals surface area (Å²) in [5.41, 5.74) is 0. The number of rotatable bonds is 7. The summed E-state index contributed by atoms with van der Waals surface area (Å²) < 4.78 is 30.0.